The van der Waals surface area contributed by atoms with Crippen molar-refractivity contribution < 1.29 is 9.53 Å². The maximum absolute atomic E-state index is 10.5. The van der Waals surface area contributed by atoms with E-state index < -0.39 is 0 Å². The summed E-state index contributed by atoms with van der Waals surface area (Å²) in [6, 6.07) is -0.0139. The lowest BCUT2D eigenvalue weighted by Gasteiger charge is -2.24. The molecule has 1 N–H and O–H groups in total. The van der Waals surface area contributed by atoms with Crippen molar-refractivity contribution in [1.29, 1.82) is 0 Å². The van der Waals surface area contributed by atoms with Crippen LogP contribution in [0.25, 0.3) is 0 Å². The first-order valence-electron chi connectivity index (χ1n) is 2.59. The summed E-state index contributed by atoms with van der Waals surface area (Å²) in [4.78, 5) is 10.5. The van der Waals surface area contributed by atoms with Gasteiger partial charge in [-0.25, -0.2) is 0 Å². The topological polar surface area (TPSA) is 38.3 Å². The SMILES string of the molecule is COCC1NCC1=O. The average Bonchev–Trinajstić information content (AvgIpc) is 1.79. The number of carbonyl (C=O) groups excluding carboxylic acids is 1. The van der Waals surface area contributed by atoms with E-state index in [4.69, 9.17) is 4.74 Å². The zero-order chi connectivity index (χ0) is 5.98. The van der Waals surface area contributed by atoms with E-state index in [0.29, 0.717) is 13.2 Å². The van der Waals surface area contributed by atoms with Gasteiger partial charge >= 0.3 is 0 Å². The van der Waals surface area contributed by atoms with Crippen molar-refractivity contribution in [3.63, 3.8) is 0 Å². The summed E-state index contributed by atoms with van der Waals surface area (Å²) in [7, 11) is 1.59. The number of carbonyl (C=O) groups is 1. The summed E-state index contributed by atoms with van der Waals surface area (Å²) in [5.74, 6) is 0.256. The molecule has 0 spiro atoms. The lowest BCUT2D eigenvalue weighted by molar-refractivity contribution is -0.127. The normalized spacial score (nSPS) is 27.6. The highest BCUT2D eigenvalue weighted by atomic mass is 16.5. The van der Waals surface area contributed by atoms with Crippen LogP contribution in [0.5, 0.6) is 0 Å². The van der Waals surface area contributed by atoms with Crippen LogP contribution in [-0.2, 0) is 9.53 Å². The van der Waals surface area contributed by atoms with Crippen molar-refractivity contribution in [2.45, 2.75) is 6.04 Å². The summed E-state index contributed by atoms with van der Waals surface area (Å²) in [5, 5.41) is 2.92. The number of rotatable bonds is 2. The molecule has 1 unspecified atom stereocenters. The smallest absolute Gasteiger partial charge is 0.165 e. The van der Waals surface area contributed by atoms with Crippen molar-refractivity contribution >= 4 is 5.78 Å². The van der Waals surface area contributed by atoms with Gasteiger partial charge in [0.1, 0.15) is 0 Å². The van der Waals surface area contributed by atoms with Crippen LogP contribution in [0, 0.1) is 0 Å². The standard InChI is InChI=1S/C5H9NO2/c1-8-3-4-5(7)2-6-4/h4,6H,2-3H2,1H3. The maximum Gasteiger partial charge on any atom is 0.165 e. The van der Waals surface area contributed by atoms with Crippen molar-refractivity contribution in [3.8, 4) is 0 Å². The van der Waals surface area contributed by atoms with E-state index in [1.54, 1.807) is 7.11 Å². The first kappa shape index (κ1) is 5.72. The molecule has 1 aliphatic heterocycles. The summed E-state index contributed by atoms with van der Waals surface area (Å²) < 4.78 is 4.73. The quantitative estimate of drug-likeness (QED) is 0.510. The molecule has 1 heterocycles. The van der Waals surface area contributed by atoms with Gasteiger partial charge in [0.2, 0.25) is 0 Å². The molecule has 1 aliphatic rings. The van der Waals surface area contributed by atoms with E-state index >= 15 is 0 Å². The second kappa shape index (κ2) is 2.24. The molecule has 8 heavy (non-hydrogen) atoms. The first-order chi connectivity index (χ1) is 3.84. The molecule has 0 aromatic carbocycles. The summed E-state index contributed by atoms with van der Waals surface area (Å²) in [6.45, 7) is 1.03. The Balaban J connectivity index is 2.17. The number of methoxy groups -OCH3 is 1. The fourth-order valence-corrected chi connectivity index (χ4v) is 0.648. The van der Waals surface area contributed by atoms with Gasteiger partial charge in [0.15, 0.2) is 5.78 Å². The minimum Gasteiger partial charge on any atom is -0.383 e. The molecule has 0 amide bonds. The Labute approximate surface area is 48.0 Å². The van der Waals surface area contributed by atoms with Crippen LogP contribution in [0.3, 0.4) is 0 Å². The van der Waals surface area contributed by atoms with Gasteiger partial charge in [-0.15, -0.1) is 0 Å². The van der Waals surface area contributed by atoms with E-state index in [0.717, 1.165) is 0 Å². The Morgan fingerprint density at radius 1 is 2.00 bits per heavy atom. The Morgan fingerprint density at radius 3 is 2.88 bits per heavy atom. The Kier molecular flexibility index (Phi) is 1.60. The fourth-order valence-electron chi connectivity index (χ4n) is 0.648. The number of hydrogen-bond acceptors (Lipinski definition) is 3. The molecule has 1 saturated heterocycles. The molecule has 1 atom stereocenters. The third-order valence-corrected chi connectivity index (χ3v) is 1.24. The van der Waals surface area contributed by atoms with Gasteiger partial charge in [0.05, 0.1) is 19.2 Å². The van der Waals surface area contributed by atoms with Gasteiger partial charge in [0, 0.05) is 7.11 Å². The van der Waals surface area contributed by atoms with E-state index in [1.165, 1.54) is 0 Å². The predicted molar refractivity (Wildman–Crippen MR) is 28.7 cm³/mol. The maximum atomic E-state index is 10.5. The molecule has 3 heteroatoms. The lowest BCUT2D eigenvalue weighted by atomic mass is 10.1. The molecule has 0 aliphatic carbocycles. The molecule has 0 bridgehead atoms. The minimum absolute atomic E-state index is 0.0139. The van der Waals surface area contributed by atoms with Crippen molar-refractivity contribution in [2.24, 2.45) is 0 Å². The molecule has 46 valence electrons. The molecule has 1 rings (SSSR count). The van der Waals surface area contributed by atoms with Crippen molar-refractivity contribution in [2.75, 3.05) is 20.3 Å². The minimum atomic E-state index is -0.0139. The van der Waals surface area contributed by atoms with Crippen molar-refractivity contribution in [3.05, 3.63) is 0 Å². The van der Waals surface area contributed by atoms with E-state index in [9.17, 15) is 4.79 Å². The summed E-state index contributed by atoms with van der Waals surface area (Å²) in [6.07, 6.45) is 0. The van der Waals surface area contributed by atoms with Crippen LogP contribution in [0.2, 0.25) is 0 Å². The van der Waals surface area contributed by atoms with E-state index in [1.807, 2.05) is 0 Å². The molecular formula is C5H9NO2. The highest BCUT2D eigenvalue weighted by molar-refractivity contribution is 5.91. The second-order valence-corrected chi connectivity index (χ2v) is 1.86. The highest BCUT2D eigenvalue weighted by Crippen LogP contribution is 1.95. The molecule has 0 saturated carbocycles. The fraction of sp³-hybridized carbons (Fsp3) is 0.800. The second-order valence-electron chi connectivity index (χ2n) is 1.86. The third-order valence-electron chi connectivity index (χ3n) is 1.24. The highest BCUT2D eigenvalue weighted by Gasteiger charge is 2.26. The van der Waals surface area contributed by atoms with E-state index in [2.05, 4.69) is 5.32 Å². The number of hydrogen-bond donors (Lipinski definition) is 1. The lowest BCUT2D eigenvalue weighted by Crippen LogP contribution is -2.55. The third kappa shape index (κ3) is 0.877. The summed E-state index contributed by atoms with van der Waals surface area (Å²) in [5.41, 5.74) is 0. The molecule has 0 aromatic rings. The van der Waals surface area contributed by atoms with Gasteiger partial charge in [-0.3, -0.25) is 10.1 Å². The van der Waals surface area contributed by atoms with Gasteiger partial charge in [-0.05, 0) is 0 Å². The van der Waals surface area contributed by atoms with Gasteiger partial charge in [-0.1, -0.05) is 0 Å². The average molecular weight is 115 g/mol. The molecule has 0 aromatic heterocycles. The molecule has 1 fully saturated rings. The summed E-state index contributed by atoms with van der Waals surface area (Å²) >= 11 is 0. The predicted octanol–water partition coefficient (Wildman–Crippen LogP) is -0.826. The van der Waals surface area contributed by atoms with Crippen LogP contribution < -0.4 is 5.32 Å². The van der Waals surface area contributed by atoms with Crippen LogP contribution in [0.15, 0.2) is 0 Å². The van der Waals surface area contributed by atoms with Crippen LogP contribution in [0.1, 0.15) is 0 Å². The van der Waals surface area contributed by atoms with E-state index in [-0.39, 0.29) is 11.8 Å². The largest absolute Gasteiger partial charge is 0.383 e. The number of Topliss-reactive ketones (excluding diaryl/α,β-unsaturated/α-hetero) is 1. The number of ketones is 1. The first-order valence-corrected chi connectivity index (χ1v) is 2.59. The van der Waals surface area contributed by atoms with Crippen LogP contribution >= 0.6 is 0 Å². The Morgan fingerprint density at radius 2 is 2.75 bits per heavy atom. The monoisotopic (exact) mass is 115 g/mol. The van der Waals surface area contributed by atoms with Crippen LogP contribution in [-0.4, -0.2) is 32.1 Å². The zero-order valence-corrected chi connectivity index (χ0v) is 4.81. The van der Waals surface area contributed by atoms with Gasteiger partial charge < -0.3 is 4.74 Å². The Hall–Kier alpha value is -0.410. The van der Waals surface area contributed by atoms with Crippen LogP contribution in [0.4, 0.5) is 0 Å². The van der Waals surface area contributed by atoms with Crippen molar-refractivity contribution in [1.82, 2.24) is 5.32 Å². The Bertz CT molecular complexity index is 103. The molecular weight excluding hydrogens is 106 g/mol. The molecule has 3 nitrogen and oxygen atoms in total. The zero-order valence-electron chi connectivity index (χ0n) is 4.81. The number of nitrogens with one attached hydrogen (secondary N) is 1. The van der Waals surface area contributed by atoms with Gasteiger partial charge in [-0.2, -0.15) is 0 Å². The number of ether oxygens (including phenoxy) is 1. The van der Waals surface area contributed by atoms with Gasteiger partial charge in [0.25, 0.3) is 0 Å². The molecule has 0 radical (unpaired) electrons.